The molecule has 5 heteroatoms. The number of halogens is 2. The predicted octanol–water partition coefficient (Wildman–Crippen LogP) is 3.88. The maximum atomic E-state index is 12.2. The minimum Gasteiger partial charge on any atom is -0.398 e. The highest BCUT2D eigenvalue weighted by atomic mass is 35.5. The van der Waals surface area contributed by atoms with Crippen LogP contribution >= 0.6 is 23.2 Å². The highest BCUT2D eigenvalue weighted by molar-refractivity contribution is 7.84. The highest BCUT2D eigenvalue weighted by Gasteiger charge is 2.09. The van der Waals surface area contributed by atoms with Crippen molar-refractivity contribution in [3.63, 3.8) is 0 Å². The number of rotatable bonds is 3. The summed E-state index contributed by atoms with van der Waals surface area (Å²) in [7, 11) is -1.19. The molecule has 0 amide bonds. The number of nitrogens with two attached hydrogens (primary N) is 1. The van der Waals surface area contributed by atoms with Gasteiger partial charge < -0.3 is 5.73 Å². The minimum absolute atomic E-state index is 0.361. The van der Waals surface area contributed by atoms with E-state index in [2.05, 4.69) is 0 Å². The summed E-state index contributed by atoms with van der Waals surface area (Å²) in [4.78, 5) is 0.647. The van der Waals surface area contributed by atoms with Crippen LogP contribution in [0.4, 0.5) is 5.69 Å². The maximum absolute atomic E-state index is 12.2. The van der Waals surface area contributed by atoms with Crippen LogP contribution in [-0.2, 0) is 16.6 Å². The van der Waals surface area contributed by atoms with Gasteiger partial charge >= 0.3 is 0 Å². The molecule has 0 aromatic heterocycles. The van der Waals surface area contributed by atoms with E-state index in [1.165, 1.54) is 0 Å². The molecule has 0 radical (unpaired) electrons. The van der Waals surface area contributed by atoms with Gasteiger partial charge in [0.25, 0.3) is 0 Å². The van der Waals surface area contributed by atoms with E-state index in [0.717, 1.165) is 5.56 Å². The van der Waals surface area contributed by atoms with Gasteiger partial charge in [-0.25, -0.2) is 0 Å². The lowest BCUT2D eigenvalue weighted by Crippen LogP contribution is -1.98. The quantitative estimate of drug-likeness (QED) is 0.874. The summed E-state index contributed by atoms with van der Waals surface area (Å²) in [5.74, 6) is 0.361. The van der Waals surface area contributed by atoms with E-state index in [4.69, 9.17) is 28.9 Å². The van der Waals surface area contributed by atoms with Crippen LogP contribution in [0.3, 0.4) is 0 Å². The van der Waals surface area contributed by atoms with Crippen molar-refractivity contribution in [1.82, 2.24) is 0 Å². The minimum atomic E-state index is -1.19. The number of nitrogen functional groups attached to an aromatic ring is 1. The number of hydrogen-bond donors (Lipinski definition) is 1. The average Bonchev–Trinajstić information content (AvgIpc) is 2.35. The predicted molar refractivity (Wildman–Crippen MR) is 77.4 cm³/mol. The van der Waals surface area contributed by atoms with Gasteiger partial charge in [0.1, 0.15) is 0 Å². The van der Waals surface area contributed by atoms with E-state index in [-0.39, 0.29) is 0 Å². The number of hydrogen-bond acceptors (Lipinski definition) is 2. The molecule has 0 spiro atoms. The van der Waals surface area contributed by atoms with Crippen LogP contribution in [0, 0.1) is 0 Å². The van der Waals surface area contributed by atoms with Gasteiger partial charge in [0.05, 0.1) is 27.3 Å². The van der Waals surface area contributed by atoms with Gasteiger partial charge in [0, 0.05) is 9.92 Å². The second kappa shape index (κ2) is 5.74. The third-order valence-corrected chi connectivity index (χ3v) is 4.53. The topological polar surface area (TPSA) is 43.1 Å². The Hall–Kier alpha value is -1.03. The summed E-state index contributed by atoms with van der Waals surface area (Å²) in [5.41, 5.74) is 6.95. The first-order valence-corrected chi connectivity index (χ1v) is 7.32. The van der Waals surface area contributed by atoms with Crippen LogP contribution in [0.5, 0.6) is 0 Å². The second-order valence-corrected chi connectivity index (χ2v) is 6.03. The van der Waals surface area contributed by atoms with Crippen molar-refractivity contribution in [2.24, 2.45) is 0 Å². The summed E-state index contributed by atoms with van der Waals surface area (Å²) < 4.78 is 12.2. The smallest absolute Gasteiger partial charge is 0.0647 e. The monoisotopic (exact) mass is 299 g/mol. The molecule has 0 fully saturated rings. The molecule has 2 aromatic rings. The van der Waals surface area contributed by atoms with Crippen molar-refractivity contribution in [3.8, 4) is 0 Å². The molecule has 2 N–H and O–H groups in total. The third kappa shape index (κ3) is 3.05. The Kier molecular flexibility index (Phi) is 4.27. The van der Waals surface area contributed by atoms with E-state index in [1.807, 2.05) is 18.2 Å². The Labute approximate surface area is 118 Å². The van der Waals surface area contributed by atoms with Gasteiger partial charge in [-0.05, 0) is 29.8 Å². The largest absolute Gasteiger partial charge is 0.398 e. The Morgan fingerprint density at radius 1 is 1.06 bits per heavy atom. The van der Waals surface area contributed by atoms with Crippen LogP contribution < -0.4 is 5.73 Å². The first kappa shape index (κ1) is 13.4. The van der Waals surface area contributed by atoms with Crippen molar-refractivity contribution in [3.05, 3.63) is 58.1 Å². The first-order valence-electron chi connectivity index (χ1n) is 5.25. The van der Waals surface area contributed by atoms with Crippen molar-refractivity contribution in [2.75, 3.05) is 5.73 Å². The Balaban J connectivity index is 2.22. The number of anilines is 1. The first-order chi connectivity index (χ1) is 8.58. The molecule has 1 unspecified atom stereocenters. The average molecular weight is 300 g/mol. The van der Waals surface area contributed by atoms with Crippen LogP contribution in [0.15, 0.2) is 47.4 Å². The molecule has 0 heterocycles. The Morgan fingerprint density at radius 3 is 2.44 bits per heavy atom. The molecule has 94 valence electrons. The molecule has 2 rings (SSSR count). The standard InChI is InChI=1S/C13H11Cl2NOS/c14-11-4-2-1-3-9(11)8-18(17)10-5-6-13(16)12(15)7-10/h1-7H,8,16H2. The molecule has 18 heavy (non-hydrogen) atoms. The normalized spacial score (nSPS) is 12.3. The molecule has 0 bridgehead atoms. The fraction of sp³-hybridized carbons (Fsp3) is 0.0769. The zero-order chi connectivity index (χ0) is 13.1. The summed E-state index contributed by atoms with van der Waals surface area (Å²) >= 11 is 11.9. The van der Waals surface area contributed by atoms with Gasteiger partial charge in [-0.1, -0.05) is 41.4 Å². The molecule has 0 aliphatic rings. The SMILES string of the molecule is Nc1ccc(S(=O)Cc2ccccc2Cl)cc1Cl. The number of benzene rings is 2. The fourth-order valence-electron chi connectivity index (χ4n) is 1.49. The highest BCUT2D eigenvalue weighted by Crippen LogP contribution is 2.24. The van der Waals surface area contributed by atoms with Gasteiger partial charge in [-0.15, -0.1) is 0 Å². The molecule has 0 aliphatic heterocycles. The van der Waals surface area contributed by atoms with E-state index in [9.17, 15) is 4.21 Å². The molecule has 0 saturated carbocycles. The molecular weight excluding hydrogens is 289 g/mol. The molecule has 2 nitrogen and oxygen atoms in total. The van der Waals surface area contributed by atoms with Crippen LogP contribution in [0.1, 0.15) is 5.56 Å². The fourth-order valence-corrected chi connectivity index (χ4v) is 3.19. The summed E-state index contributed by atoms with van der Waals surface area (Å²) in [6.45, 7) is 0. The van der Waals surface area contributed by atoms with Gasteiger partial charge in [0.2, 0.25) is 0 Å². The summed E-state index contributed by atoms with van der Waals surface area (Å²) in [6, 6.07) is 12.4. The van der Waals surface area contributed by atoms with E-state index >= 15 is 0 Å². The zero-order valence-electron chi connectivity index (χ0n) is 9.40. The molecule has 0 saturated heterocycles. The Morgan fingerprint density at radius 2 is 1.78 bits per heavy atom. The second-order valence-electron chi connectivity index (χ2n) is 3.76. The lowest BCUT2D eigenvalue weighted by atomic mass is 10.2. The van der Waals surface area contributed by atoms with Crippen LogP contribution in [0.25, 0.3) is 0 Å². The zero-order valence-corrected chi connectivity index (χ0v) is 11.7. The lowest BCUT2D eigenvalue weighted by Gasteiger charge is -2.06. The lowest BCUT2D eigenvalue weighted by molar-refractivity contribution is 0.682. The van der Waals surface area contributed by atoms with Crippen LogP contribution in [0.2, 0.25) is 10.0 Å². The van der Waals surface area contributed by atoms with Crippen molar-refractivity contribution >= 4 is 39.7 Å². The van der Waals surface area contributed by atoms with Crippen molar-refractivity contribution in [1.29, 1.82) is 0 Å². The molecule has 0 aliphatic carbocycles. The van der Waals surface area contributed by atoms with E-state index in [0.29, 0.717) is 26.4 Å². The van der Waals surface area contributed by atoms with E-state index < -0.39 is 10.8 Å². The molecular formula is C13H11Cl2NOS. The van der Waals surface area contributed by atoms with Crippen molar-refractivity contribution < 1.29 is 4.21 Å². The maximum Gasteiger partial charge on any atom is 0.0647 e. The van der Waals surface area contributed by atoms with Gasteiger partial charge in [-0.3, -0.25) is 4.21 Å². The van der Waals surface area contributed by atoms with E-state index in [1.54, 1.807) is 24.3 Å². The van der Waals surface area contributed by atoms with Gasteiger partial charge in [0.15, 0.2) is 0 Å². The van der Waals surface area contributed by atoms with Crippen molar-refractivity contribution in [2.45, 2.75) is 10.6 Å². The van der Waals surface area contributed by atoms with Gasteiger partial charge in [-0.2, -0.15) is 0 Å². The Bertz CT molecular complexity index is 601. The summed E-state index contributed by atoms with van der Waals surface area (Å²) in [6.07, 6.45) is 0. The molecule has 2 aromatic carbocycles. The third-order valence-electron chi connectivity index (χ3n) is 2.48. The summed E-state index contributed by atoms with van der Waals surface area (Å²) in [5, 5.41) is 1.03. The van der Waals surface area contributed by atoms with Crippen LogP contribution in [-0.4, -0.2) is 4.21 Å². The molecule has 1 atom stereocenters.